The van der Waals surface area contributed by atoms with E-state index in [1.807, 2.05) is 0 Å². The van der Waals surface area contributed by atoms with E-state index in [2.05, 4.69) is 0 Å². The van der Waals surface area contributed by atoms with Crippen molar-refractivity contribution in [2.45, 2.75) is 25.5 Å². The van der Waals surface area contributed by atoms with Crippen LogP contribution in [0.4, 0.5) is 39.5 Å². The van der Waals surface area contributed by atoms with Gasteiger partial charge >= 0.3 is 18.5 Å². The van der Waals surface area contributed by atoms with E-state index in [0.29, 0.717) is 6.92 Å². The molecule has 0 aromatic heterocycles. The van der Waals surface area contributed by atoms with Gasteiger partial charge in [0.1, 0.15) is 0 Å². The largest absolute Gasteiger partial charge is 0.403 e. The van der Waals surface area contributed by atoms with Gasteiger partial charge in [0, 0.05) is 0 Å². The molecule has 0 aliphatic rings. The third-order valence-corrected chi connectivity index (χ3v) is 1.81. The second kappa shape index (κ2) is 4.77. The Morgan fingerprint density at radius 2 is 1.00 bits per heavy atom. The summed E-state index contributed by atoms with van der Waals surface area (Å²) in [6.45, 7) is 0.459. The van der Waals surface area contributed by atoms with E-state index in [1.54, 1.807) is 0 Å². The molecule has 102 valence electrons. The van der Waals surface area contributed by atoms with E-state index in [0.717, 1.165) is 0 Å². The quantitative estimate of drug-likeness (QED) is 0.514. The van der Waals surface area contributed by atoms with E-state index in [-0.39, 0.29) is 6.08 Å². The molecule has 0 spiro atoms. The summed E-state index contributed by atoms with van der Waals surface area (Å²) in [4.78, 5) is 0. The van der Waals surface area contributed by atoms with Crippen LogP contribution in [-0.4, -0.2) is 18.5 Å². The first-order valence-electron chi connectivity index (χ1n) is 4.14. The van der Waals surface area contributed by atoms with E-state index in [4.69, 9.17) is 0 Å². The highest BCUT2D eigenvalue weighted by molar-refractivity contribution is 4.99. The van der Waals surface area contributed by atoms with Crippen LogP contribution >= 0.6 is 0 Å². The summed E-state index contributed by atoms with van der Waals surface area (Å²) in [5, 5.41) is 0. The molecular weight excluding hydrogens is 267 g/mol. The first-order valence-corrected chi connectivity index (χ1v) is 4.14. The van der Waals surface area contributed by atoms with Crippen molar-refractivity contribution in [2.75, 3.05) is 0 Å². The van der Waals surface area contributed by atoms with Crippen molar-refractivity contribution in [3.8, 4) is 0 Å². The summed E-state index contributed by atoms with van der Waals surface area (Å²) in [5.74, 6) is -6.27. The number of rotatable bonds is 2. The Kier molecular flexibility index (Phi) is 4.52. The molecule has 1 atom stereocenters. The molecule has 0 aliphatic heterocycles. The van der Waals surface area contributed by atoms with Crippen molar-refractivity contribution >= 4 is 0 Å². The zero-order valence-electron chi connectivity index (χ0n) is 8.21. The maximum atomic E-state index is 11.9. The lowest BCUT2D eigenvalue weighted by Crippen LogP contribution is -2.35. The SMILES string of the molecule is CC(/C=C/C(C(F)(F)F)C(F)(F)F)C(F)(F)F. The van der Waals surface area contributed by atoms with Gasteiger partial charge in [-0.05, 0) is 0 Å². The molecule has 0 fully saturated rings. The molecular formula is C8H7F9. The van der Waals surface area contributed by atoms with Gasteiger partial charge in [0.25, 0.3) is 0 Å². The number of alkyl halides is 9. The predicted octanol–water partition coefficient (Wildman–Crippen LogP) is 4.48. The Bertz CT molecular complexity index is 252. The fourth-order valence-corrected chi connectivity index (χ4v) is 0.791. The molecule has 17 heavy (non-hydrogen) atoms. The van der Waals surface area contributed by atoms with Gasteiger partial charge in [-0.2, -0.15) is 39.5 Å². The Morgan fingerprint density at radius 3 is 1.24 bits per heavy atom. The molecule has 0 amide bonds. The number of allylic oxidation sites excluding steroid dienone is 2. The van der Waals surface area contributed by atoms with Gasteiger partial charge in [-0.1, -0.05) is 19.1 Å². The lowest BCUT2D eigenvalue weighted by atomic mass is 10.0. The average Bonchev–Trinajstić information content (AvgIpc) is 1.96. The maximum absolute atomic E-state index is 11.9. The fraction of sp³-hybridized carbons (Fsp3) is 0.750. The van der Waals surface area contributed by atoms with Crippen molar-refractivity contribution in [3.05, 3.63) is 12.2 Å². The molecule has 0 rings (SSSR count). The molecule has 0 bridgehead atoms. The van der Waals surface area contributed by atoms with E-state index < -0.39 is 36.4 Å². The Hall–Kier alpha value is -0.890. The molecule has 1 unspecified atom stereocenters. The van der Waals surface area contributed by atoms with Crippen LogP contribution in [0, 0.1) is 11.8 Å². The average molecular weight is 274 g/mol. The van der Waals surface area contributed by atoms with Gasteiger partial charge in [-0.3, -0.25) is 0 Å². The summed E-state index contributed by atoms with van der Waals surface area (Å²) in [5.41, 5.74) is 0. The van der Waals surface area contributed by atoms with E-state index in [9.17, 15) is 39.5 Å². The minimum Gasteiger partial charge on any atom is -0.170 e. The summed E-state index contributed by atoms with van der Waals surface area (Å²) in [7, 11) is 0. The minimum absolute atomic E-state index is 0.147. The van der Waals surface area contributed by atoms with Gasteiger partial charge in [0.15, 0.2) is 5.92 Å². The standard InChI is InChI=1S/C8H7F9/c1-4(6(9,10)11)2-3-5(7(12,13)14)8(15,16)17/h2-5H,1H3/b3-2+. The third kappa shape index (κ3) is 5.31. The molecule has 0 aromatic carbocycles. The zero-order valence-corrected chi connectivity index (χ0v) is 8.21. The van der Waals surface area contributed by atoms with Gasteiger partial charge in [-0.15, -0.1) is 0 Å². The van der Waals surface area contributed by atoms with Crippen LogP contribution < -0.4 is 0 Å². The van der Waals surface area contributed by atoms with Gasteiger partial charge in [-0.25, -0.2) is 0 Å². The van der Waals surface area contributed by atoms with Gasteiger partial charge < -0.3 is 0 Å². The minimum atomic E-state index is -5.67. The first kappa shape index (κ1) is 16.1. The summed E-state index contributed by atoms with van der Waals surface area (Å²) in [6, 6.07) is 0. The Balaban J connectivity index is 4.98. The van der Waals surface area contributed by atoms with Crippen LogP contribution in [0.3, 0.4) is 0 Å². The molecule has 0 N–H and O–H groups in total. The highest BCUT2D eigenvalue weighted by Gasteiger charge is 2.55. The monoisotopic (exact) mass is 274 g/mol. The zero-order chi connectivity index (χ0) is 14.1. The van der Waals surface area contributed by atoms with Crippen molar-refractivity contribution in [3.63, 3.8) is 0 Å². The van der Waals surface area contributed by atoms with Gasteiger partial charge in [0.2, 0.25) is 0 Å². The van der Waals surface area contributed by atoms with Crippen molar-refractivity contribution < 1.29 is 39.5 Å². The van der Waals surface area contributed by atoms with Gasteiger partial charge in [0.05, 0.1) is 5.92 Å². The van der Waals surface area contributed by atoms with Crippen LogP contribution in [0.5, 0.6) is 0 Å². The fourth-order valence-electron chi connectivity index (χ4n) is 0.791. The molecule has 9 heteroatoms. The molecule has 0 saturated heterocycles. The van der Waals surface area contributed by atoms with Crippen molar-refractivity contribution in [2.24, 2.45) is 11.8 Å². The number of hydrogen-bond acceptors (Lipinski definition) is 0. The van der Waals surface area contributed by atoms with Crippen molar-refractivity contribution in [1.82, 2.24) is 0 Å². The smallest absolute Gasteiger partial charge is 0.170 e. The molecule has 0 aliphatic carbocycles. The topological polar surface area (TPSA) is 0 Å². The number of halogens is 9. The van der Waals surface area contributed by atoms with E-state index >= 15 is 0 Å². The normalized spacial score (nSPS) is 16.9. The second-order valence-electron chi connectivity index (χ2n) is 3.28. The Labute approximate surface area is 90.1 Å². The summed E-state index contributed by atoms with van der Waals surface area (Å²) >= 11 is 0. The van der Waals surface area contributed by atoms with Crippen LogP contribution in [0.2, 0.25) is 0 Å². The lowest BCUT2D eigenvalue weighted by molar-refractivity contribution is -0.268. The van der Waals surface area contributed by atoms with E-state index in [1.165, 1.54) is 0 Å². The summed E-state index contributed by atoms with van der Waals surface area (Å²) < 4.78 is 107. The molecule has 0 saturated carbocycles. The second-order valence-corrected chi connectivity index (χ2v) is 3.28. The number of hydrogen-bond donors (Lipinski definition) is 0. The van der Waals surface area contributed by atoms with Crippen LogP contribution in [0.1, 0.15) is 6.92 Å². The molecule has 0 nitrogen and oxygen atoms in total. The predicted molar refractivity (Wildman–Crippen MR) is 40.0 cm³/mol. The van der Waals surface area contributed by atoms with Crippen LogP contribution in [0.15, 0.2) is 12.2 Å². The van der Waals surface area contributed by atoms with Crippen LogP contribution in [-0.2, 0) is 0 Å². The lowest BCUT2D eigenvalue weighted by Gasteiger charge is -2.20. The molecule has 0 radical (unpaired) electrons. The highest BCUT2D eigenvalue weighted by atomic mass is 19.4. The molecule has 0 heterocycles. The summed E-state index contributed by atoms with van der Waals surface area (Å²) in [6.07, 6.45) is -16.9. The molecule has 0 aromatic rings. The van der Waals surface area contributed by atoms with Crippen molar-refractivity contribution in [1.29, 1.82) is 0 Å². The van der Waals surface area contributed by atoms with Crippen LogP contribution in [0.25, 0.3) is 0 Å². The highest BCUT2D eigenvalue weighted by Crippen LogP contribution is 2.40. The maximum Gasteiger partial charge on any atom is 0.403 e. The third-order valence-electron chi connectivity index (χ3n) is 1.81. The Morgan fingerprint density at radius 1 is 0.647 bits per heavy atom. The first-order chi connectivity index (χ1) is 7.26.